The van der Waals surface area contributed by atoms with Crippen molar-refractivity contribution in [3.8, 4) is 0 Å². The Bertz CT molecular complexity index is 1240. The van der Waals surface area contributed by atoms with Crippen molar-refractivity contribution < 1.29 is 4.79 Å². The molecule has 0 aliphatic carbocycles. The van der Waals surface area contributed by atoms with Gasteiger partial charge in [0.2, 0.25) is 0 Å². The van der Waals surface area contributed by atoms with Crippen molar-refractivity contribution in [1.29, 1.82) is 0 Å². The van der Waals surface area contributed by atoms with E-state index in [1.807, 2.05) is 91.1 Å². The van der Waals surface area contributed by atoms with Crippen LogP contribution in [0, 0.1) is 0 Å². The third-order valence-electron chi connectivity index (χ3n) is 5.60. The van der Waals surface area contributed by atoms with Crippen LogP contribution in [-0.2, 0) is 10.3 Å². The molecule has 0 saturated carbocycles. The molecule has 0 unspecified atom stereocenters. The zero-order chi connectivity index (χ0) is 21.1. The van der Waals surface area contributed by atoms with Crippen LogP contribution in [-0.4, -0.2) is 22.8 Å². The number of hydrogen-bond donors (Lipinski definition) is 3. The Morgan fingerprint density at radius 3 is 2.29 bits per heavy atom. The number of para-hydroxylation sites is 1. The predicted molar refractivity (Wildman–Crippen MR) is 123 cm³/mol. The Morgan fingerprint density at radius 1 is 0.935 bits per heavy atom. The number of nitrogens with zero attached hydrogens (tertiary/aromatic N) is 2. The van der Waals surface area contributed by atoms with Crippen LogP contribution in [0.4, 0.5) is 0 Å². The van der Waals surface area contributed by atoms with Crippen molar-refractivity contribution in [2.75, 3.05) is 0 Å². The highest BCUT2D eigenvalue weighted by Gasteiger charge is 2.41. The number of benzene rings is 3. The highest BCUT2D eigenvalue weighted by atomic mass is 16.2. The van der Waals surface area contributed by atoms with Crippen LogP contribution in [0.25, 0.3) is 10.9 Å². The molecule has 0 radical (unpaired) electrons. The lowest BCUT2D eigenvalue weighted by atomic mass is 9.80. The molecule has 1 aliphatic rings. The number of fused-ring (bicyclic) bond motifs is 1. The van der Waals surface area contributed by atoms with Gasteiger partial charge < -0.3 is 4.98 Å². The number of aromatic nitrogens is 1. The molecule has 2 heterocycles. The molecule has 5 rings (SSSR count). The van der Waals surface area contributed by atoms with E-state index in [4.69, 9.17) is 0 Å². The maximum Gasteiger partial charge on any atom is 0.287 e. The summed E-state index contributed by atoms with van der Waals surface area (Å²) in [4.78, 5) is 16.0. The molecule has 0 fully saturated rings. The van der Waals surface area contributed by atoms with Crippen molar-refractivity contribution in [2.24, 2.45) is 10.2 Å². The number of amides is 1. The van der Waals surface area contributed by atoms with Crippen LogP contribution in [0.5, 0.6) is 0 Å². The first-order valence-electron chi connectivity index (χ1n) is 10.1. The van der Waals surface area contributed by atoms with Crippen LogP contribution >= 0.6 is 0 Å². The largest absolute Gasteiger partial charge is 0.361 e. The predicted octanol–water partition coefficient (Wildman–Crippen LogP) is 3.91. The first-order chi connectivity index (χ1) is 15.3. The normalized spacial score (nSPS) is 15.0. The van der Waals surface area contributed by atoms with E-state index in [2.05, 4.69) is 26.0 Å². The maximum atomic E-state index is 12.8. The fourth-order valence-corrected chi connectivity index (χ4v) is 4.00. The minimum absolute atomic E-state index is 0.322. The molecule has 1 aliphatic heterocycles. The Hall–Kier alpha value is -4.19. The van der Waals surface area contributed by atoms with Gasteiger partial charge in [-0.3, -0.25) is 10.2 Å². The average molecular weight is 407 g/mol. The summed E-state index contributed by atoms with van der Waals surface area (Å²) in [5.74, 6) is -0.322. The van der Waals surface area contributed by atoms with Gasteiger partial charge in [-0.1, -0.05) is 78.9 Å². The number of carbonyl (C=O) groups is 1. The second-order valence-corrected chi connectivity index (χ2v) is 7.47. The number of hydrazone groups is 2. The summed E-state index contributed by atoms with van der Waals surface area (Å²) in [5.41, 5.74) is 9.70. The van der Waals surface area contributed by atoms with Gasteiger partial charge >= 0.3 is 0 Å². The third-order valence-corrected chi connectivity index (χ3v) is 5.60. The van der Waals surface area contributed by atoms with Gasteiger partial charge in [-0.2, -0.15) is 10.2 Å². The van der Waals surface area contributed by atoms with E-state index in [1.54, 1.807) is 6.21 Å². The van der Waals surface area contributed by atoms with E-state index < -0.39 is 5.54 Å². The maximum absolute atomic E-state index is 12.8. The zero-order valence-electron chi connectivity index (χ0n) is 16.7. The molecule has 4 aromatic rings. The third kappa shape index (κ3) is 3.48. The van der Waals surface area contributed by atoms with Gasteiger partial charge in [0, 0.05) is 29.1 Å². The standard InChI is InChI=1S/C25H21N5O/c31-24(29-27-17-18-16-26-22-14-8-7-13-21(18)22)23-15-25(30-28-23,19-9-3-1-4-10-19)20-11-5-2-6-12-20/h1-14,16-17,26,30H,15H2,(H,29,31)/b27-17-. The molecular formula is C25H21N5O. The molecule has 0 bridgehead atoms. The molecule has 152 valence electrons. The van der Waals surface area contributed by atoms with Gasteiger partial charge in [0.25, 0.3) is 5.91 Å². The molecule has 6 nitrogen and oxygen atoms in total. The minimum atomic E-state index is -0.588. The number of nitrogens with one attached hydrogen (secondary N) is 3. The number of hydrogen-bond acceptors (Lipinski definition) is 4. The molecule has 3 N–H and O–H groups in total. The molecule has 0 spiro atoms. The fraction of sp³-hybridized carbons (Fsp3) is 0.0800. The molecule has 0 atom stereocenters. The Labute approximate surface area is 179 Å². The summed E-state index contributed by atoms with van der Waals surface area (Å²) >= 11 is 0. The van der Waals surface area contributed by atoms with Gasteiger partial charge in [-0.15, -0.1) is 0 Å². The molecule has 0 saturated heterocycles. The summed E-state index contributed by atoms with van der Waals surface area (Å²) in [6, 6.07) is 28.1. The van der Waals surface area contributed by atoms with E-state index in [0.29, 0.717) is 12.1 Å². The van der Waals surface area contributed by atoms with Crippen LogP contribution < -0.4 is 10.9 Å². The number of carbonyl (C=O) groups excluding carboxylic acids is 1. The zero-order valence-corrected chi connectivity index (χ0v) is 16.7. The van der Waals surface area contributed by atoms with Crippen molar-refractivity contribution >= 4 is 28.7 Å². The van der Waals surface area contributed by atoms with E-state index in [9.17, 15) is 4.79 Å². The van der Waals surface area contributed by atoms with Crippen LogP contribution in [0.2, 0.25) is 0 Å². The highest BCUT2D eigenvalue weighted by Crippen LogP contribution is 2.36. The molecule has 1 aromatic heterocycles. The van der Waals surface area contributed by atoms with Crippen LogP contribution in [0.15, 0.2) is 101 Å². The van der Waals surface area contributed by atoms with Crippen LogP contribution in [0.1, 0.15) is 23.1 Å². The number of rotatable bonds is 5. The number of H-pyrrole nitrogens is 1. The van der Waals surface area contributed by atoms with Crippen molar-refractivity contribution in [3.63, 3.8) is 0 Å². The lowest BCUT2D eigenvalue weighted by Crippen LogP contribution is -2.38. The van der Waals surface area contributed by atoms with E-state index >= 15 is 0 Å². The van der Waals surface area contributed by atoms with Crippen LogP contribution in [0.3, 0.4) is 0 Å². The minimum Gasteiger partial charge on any atom is -0.361 e. The van der Waals surface area contributed by atoms with Gasteiger partial charge in [0.15, 0.2) is 0 Å². The summed E-state index contributed by atoms with van der Waals surface area (Å²) < 4.78 is 0. The summed E-state index contributed by atoms with van der Waals surface area (Å²) in [7, 11) is 0. The summed E-state index contributed by atoms with van der Waals surface area (Å²) in [6.45, 7) is 0. The lowest BCUT2D eigenvalue weighted by molar-refractivity contribution is -0.114. The fourth-order valence-electron chi connectivity index (χ4n) is 4.00. The molecule has 6 heteroatoms. The first-order valence-corrected chi connectivity index (χ1v) is 10.1. The summed E-state index contributed by atoms with van der Waals surface area (Å²) in [5, 5.41) is 9.58. The van der Waals surface area contributed by atoms with Gasteiger partial charge in [0.1, 0.15) is 11.3 Å². The smallest absolute Gasteiger partial charge is 0.287 e. The molecule has 3 aromatic carbocycles. The van der Waals surface area contributed by atoms with Gasteiger partial charge in [-0.25, -0.2) is 5.43 Å². The second-order valence-electron chi connectivity index (χ2n) is 7.47. The Morgan fingerprint density at radius 2 is 1.58 bits per heavy atom. The van der Waals surface area contributed by atoms with E-state index in [-0.39, 0.29) is 5.91 Å². The van der Waals surface area contributed by atoms with Crippen molar-refractivity contribution in [1.82, 2.24) is 15.8 Å². The quantitative estimate of drug-likeness (QED) is 0.346. The number of aromatic amines is 1. The SMILES string of the molecule is O=C(N/N=C\c1c[nH]c2ccccc12)C1=NNC(c2ccccc2)(c2ccccc2)C1. The first kappa shape index (κ1) is 18.8. The Kier molecular flexibility index (Phi) is 4.80. The molecular weight excluding hydrogens is 386 g/mol. The van der Waals surface area contributed by atoms with Gasteiger partial charge in [-0.05, 0) is 17.2 Å². The lowest BCUT2D eigenvalue weighted by Gasteiger charge is -2.30. The molecule has 31 heavy (non-hydrogen) atoms. The average Bonchev–Trinajstić information content (AvgIpc) is 3.46. The summed E-state index contributed by atoms with van der Waals surface area (Å²) in [6.07, 6.45) is 3.93. The highest BCUT2D eigenvalue weighted by molar-refractivity contribution is 6.39. The monoisotopic (exact) mass is 407 g/mol. The second kappa shape index (κ2) is 7.91. The van der Waals surface area contributed by atoms with E-state index in [0.717, 1.165) is 27.6 Å². The van der Waals surface area contributed by atoms with Crippen molar-refractivity contribution in [3.05, 3.63) is 108 Å². The topological polar surface area (TPSA) is 81.6 Å². The van der Waals surface area contributed by atoms with Gasteiger partial charge in [0.05, 0.1) is 6.21 Å². The van der Waals surface area contributed by atoms with Crippen molar-refractivity contribution in [2.45, 2.75) is 12.0 Å². The van der Waals surface area contributed by atoms with E-state index in [1.165, 1.54) is 0 Å². The molecule has 1 amide bonds. The Balaban J connectivity index is 1.35.